The number of amides is 1. The number of rotatable bonds is 6. The molecule has 0 saturated heterocycles. The van der Waals surface area contributed by atoms with Crippen molar-refractivity contribution in [3.63, 3.8) is 0 Å². The summed E-state index contributed by atoms with van der Waals surface area (Å²) in [5, 5.41) is 4.59. The number of carbonyl (C=O) groups excluding carboxylic acids is 1. The third-order valence-electron chi connectivity index (χ3n) is 3.97. The van der Waals surface area contributed by atoms with Crippen LogP contribution in [0.3, 0.4) is 0 Å². The first-order valence-electron chi connectivity index (χ1n) is 8.49. The van der Waals surface area contributed by atoms with E-state index in [1.165, 1.54) is 4.90 Å². The summed E-state index contributed by atoms with van der Waals surface area (Å²) in [6, 6.07) is 14.7. The fourth-order valence-corrected chi connectivity index (χ4v) is 2.70. The quantitative estimate of drug-likeness (QED) is 0.638. The van der Waals surface area contributed by atoms with Crippen molar-refractivity contribution >= 4 is 17.5 Å². The lowest BCUT2D eigenvalue weighted by Gasteiger charge is -2.20. The monoisotopic (exact) mass is 385 g/mol. The predicted molar refractivity (Wildman–Crippen MR) is 102 cm³/mol. The molecule has 2 aromatic carbocycles. The minimum atomic E-state index is -0.629. The van der Waals surface area contributed by atoms with Crippen LogP contribution in [0.1, 0.15) is 18.4 Å². The number of nitrogens with zero attached hydrogens (tertiary/aromatic N) is 3. The van der Waals surface area contributed by atoms with Gasteiger partial charge in [-0.3, -0.25) is 4.79 Å². The number of carbonyl (C=O) groups is 1. The summed E-state index contributed by atoms with van der Waals surface area (Å²) in [5.41, 5.74) is 1.86. The van der Waals surface area contributed by atoms with Crippen LogP contribution in [0, 0.1) is 6.92 Å². The van der Waals surface area contributed by atoms with Gasteiger partial charge in [0.1, 0.15) is 5.75 Å². The highest BCUT2D eigenvalue weighted by molar-refractivity contribution is 6.30. The van der Waals surface area contributed by atoms with Crippen molar-refractivity contribution < 1.29 is 14.1 Å². The molecule has 0 aliphatic rings. The molecule has 0 radical (unpaired) electrons. The van der Waals surface area contributed by atoms with Crippen molar-refractivity contribution in [2.24, 2.45) is 0 Å². The van der Waals surface area contributed by atoms with Gasteiger partial charge in [0.2, 0.25) is 11.7 Å². The normalized spacial score (nSPS) is 11.9. The van der Waals surface area contributed by atoms with Crippen LogP contribution in [0.5, 0.6) is 5.75 Å². The number of hydrogen-bond acceptors (Lipinski definition) is 5. The van der Waals surface area contributed by atoms with Gasteiger partial charge in [-0.05, 0) is 55.8 Å². The van der Waals surface area contributed by atoms with Crippen LogP contribution >= 0.6 is 11.6 Å². The third-order valence-corrected chi connectivity index (χ3v) is 4.22. The molecule has 6 nitrogen and oxygen atoms in total. The van der Waals surface area contributed by atoms with Crippen LogP contribution in [-0.4, -0.2) is 34.1 Å². The highest BCUT2D eigenvalue weighted by atomic mass is 35.5. The Morgan fingerprint density at radius 1 is 1.26 bits per heavy atom. The maximum Gasteiger partial charge on any atom is 0.263 e. The lowest BCUT2D eigenvalue weighted by Crippen LogP contribution is -2.37. The Bertz CT molecular complexity index is 924. The highest BCUT2D eigenvalue weighted by Gasteiger charge is 2.21. The minimum Gasteiger partial charge on any atom is -0.481 e. The third kappa shape index (κ3) is 4.86. The fourth-order valence-electron chi connectivity index (χ4n) is 2.57. The van der Waals surface area contributed by atoms with Crippen LogP contribution in [0.4, 0.5) is 0 Å². The van der Waals surface area contributed by atoms with Crippen molar-refractivity contribution in [2.45, 2.75) is 26.5 Å². The second kappa shape index (κ2) is 8.22. The molecule has 0 fully saturated rings. The fraction of sp³-hybridized carbons (Fsp3) is 0.250. The van der Waals surface area contributed by atoms with Gasteiger partial charge in [-0.15, -0.1) is 0 Å². The molecule has 3 rings (SSSR count). The molecule has 1 aromatic heterocycles. The maximum absolute atomic E-state index is 12.5. The summed E-state index contributed by atoms with van der Waals surface area (Å²) < 4.78 is 11.0. The molecule has 0 aliphatic heterocycles. The van der Waals surface area contributed by atoms with Crippen LogP contribution in [0.15, 0.2) is 53.1 Å². The summed E-state index contributed by atoms with van der Waals surface area (Å²) in [5.74, 6) is 1.28. The molecule has 3 aromatic rings. The van der Waals surface area contributed by atoms with Gasteiger partial charge in [0.25, 0.3) is 5.91 Å². The molecule has 0 bridgehead atoms. The number of benzene rings is 2. The Morgan fingerprint density at radius 3 is 2.70 bits per heavy atom. The zero-order valence-electron chi connectivity index (χ0n) is 15.3. The van der Waals surface area contributed by atoms with E-state index >= 15 is 0 Å². The van der Waals surface area contributed by atoms with Crippen LogP contribution in [-0.2, 0) is 11.3 Å². The first-order chi connectivity index (χ1) is 12.9. The largest absolute Gasteiger partial charge is 0.481 e. The predicted octanol–water partition coefficient (Wildman–Crippen LogP) is 4.12. The smallest absolute Gasteiger partial charge is 0.263 e. The van der Waals surface area contributed by atoms with Gasteiger partial charge >= 0.3 is 0 Å². The summed E-state index contributed by atoms with van der Waals surface area (Å²) in [6.07, 6.45) is -0.629. The van der Waals surface area contributed by atoms with E-state index in [0.717, 1.165) is 11.1 Å². The van der Waals surface area contributed by atoms with E-state index in [1.54, 1.807) is 26.1 Å². The zero-order chi connectivity index (χ0) is 19.4. The Hall–Kier alpha value is -2.86. The molecular formula is C20H20ClN3O3. The lowest BCUT2D eigenvalue weighted by molar-refractivity contribution is -0.137. The first kappa shape index (κ1) is 18.9. The second-order valence-corrected chi connectivity index (χ2v) is 6.73. The topological polar surface area (TPSA) is 68.5 Å². The molecule has 0 aliphatic carbocycles. The Morgan fingerprint density at radius 2 is 2.00 bits per heavy atom. The second-order valence-electron chi connectivity index (χ2n) is 6.29. The molecule has 27 heavy (non-hydrogen) atoms. The van der Waals surface area contributed by atoms with Gasteiger partial charge in [-0.25, -0.2) is 0 Å². The number of likely N-dealkylation sites (N-methyl/N-ethyl adjacent to an activating group) is 1. The van der Waals surface area contributed by atoms with Gasteiger partial charge < -0.3 is 14.2 Å². The standard InChI is InChI=1S/C20H20ClN3O3/c1-13-5-4-6-17(11-13)26-14(2)20(25)24(3)12-18-22-19(23-27-18)15-7-9-16(21)10-8-15/h4-11,14H,12H2,1-3H3. The molecule has 1 heterocycles. The van der Waals surface area contributed by atoms with Crippen LogP contribution in [0.25, 0.3) is 11.4 Å². The Kier molecular flexibility index (Phi) is 5.76. The van der Waals surface area contributed by atoms with Gasteiger partial charge in [0, 0.05) is 17.6 Å². The van der Waals surface area contributed by atoms with Gasteiger partial charge in [0.05, 0.1) is 6.54 Å². The van der Waals surface area contributed by atoms with Gasteiger partial charge in [-0.2, -0.15) is 4.98 Å². The van der Waals surface area contributed by atoms with Crippen molar-refractivity contribution in [3.8, 4) is 17.1 Å². The van der Waals surface area contributed by atoms with E-state index < -0.39 is 6.10 Å². The minimum absolute atomic E-state index is 0.178. The maximum atomic E-state index is 12.5. The van der Waals surface area contributed by atoms with Gasteiger partial charge in [0.15, 0.2) is 6.10 Å². The first-order valence-corrected chi connectivity index (χ1v) is 8.87. The van der Waals surface area contributed by atoms with Crippen molar-refractivity contribution in [2.75, 3.05) is 7.05 Å². The molecule has 1 unspecified atom stereocenters. The SMILES string of the molecule is Cc1cccc(OC(C)C(=O)N(C)Cc2nc(-c3ccc(Cl)cc3)no2)c1. The molecule has 0 N–H and O–H groups in total. The number of aromatic nitrogens is 2. The summed E-state index contributed by atoms with van der Waals surface area (Å²) in [4.78, 5) is 18.4. The highest BCUT2D eigenvalue weighted by Crippen LogP contribution is 2.19. The van der Waals surface area contributed by atoms with Crippen molar-refractivity contribution in [1.82, 2.24) is 15.0 Å². The molecule has 140 valence electrons. The number of aryl methyl sites for hydroxylation is 1. The average molecular weight is 386 g/mol. The molecule has 1 amide bonds. The van der Waals surface area contributed by atoms with Crippen molar-refractivity contribution in [3.05, 3.63) is 65.0 Å². The summed E-state index contributed by atoms with van der Waals surface area (Å²) in [6.45, 7) is 3.88. The molecule has 1 atom stereocenters. The Balaban J connectivity index is 1.61. The van der Waals surface area contributed by atoms with E-state index in [4.69, 9.17) is 20.9 Å². The van der Waals surface area contributed by atoms with E-state index in [1.807, 2.05) is 43.3 Å². The summed E-state index contributed by atoms with van der Waals surface area (Å²) in [7, 11) is 1.67. The molecule has 7 heteroatoms. The molecule has 0 spiro atoms. The lowest BCUT2D eigenvalue weighted by atomic mass is 10.2. The van der Waals surface area contributed by atoms with E-state index in [-0.39, 0.29) is 12.5 Å². The average Bonchev–Trinajstić information content (AvgIpc) is 3.10. The van der Waals surface area contributed by atoms with Crippen molar-refractivity contribution in [1.29, 1.82) is 0 Å². The van der Waals surface area contributed by atoms with E-state index in [0.29, 0.717) is 22.5 Å². The van der Waals surface area contributed by atoms with Crippen LogP contribution < -0.4 is 4.74 Å². The molecular weight excluding hydrogens is 366 g/mol. The summed E-state index contributed by atoms with van der Waals surface area (Å²) >= 11 is 5.88. The Labute approximate surface area is 162 Å². The number of halogens is 1. The van der Waals surface area contributed by atoms with E-state index in [9.17, 15) is 4.79 Å². The zero-order valence-corrected chi connectivity index (χ0v) is 16.1. The number of ether oxygens (including phenoxy) is 1. The van der Waals surface area contributed by atoms with Crippen LogP contribution in [0.2, 0.25) is 5.02 Å². The van der Waals surface area contributed by atoms with Gasteiger partial charge in [-0.1, -0.05) is 28.9 Å². The number of hydrogen-bond donors (Lipinski definition) is 0. The van der Waals surface area contributed by atoms with E-state index in [2.05, 4.69) is 10.1 Å². The molecule has 0 saturated carbocycles.